The molecule has 0 radical (unpaired) electrons. The lowest BCUT2D eigenvalue weighted by Crippen LogP contribution is -2.46. The number of carboxylic acids is 1. The summed E-state index contributed by atoms with van der Waals surface area (Å²) in [4.78, 5) is 25.9. The first-order valence-electron chi connectivity index (χ1n) is 6.80. The van der Waals surface area contributed by atoms with Gasteiger partial charge in [0.2, 0.25) is 0 Å². The van der Waals surface area contributed by atoms with E-state index in [2.05, 4.69) is 0 Å². The molecule has 2 rings (SSSR count). The van der Waals surface area contributed by atoms with Crippen molar-refractivity contribution in [2.45, 2.75) is 32.2 Å². The number of thiophene rings is 1. The zero-order valence-corrected chi connectivity index (χ0v) is 12.3. The van der Waals surface area contributed by atoms with Gasteiger partial charge in [0.1, 0.15) is 6.54 Å². The number of rotatable bonds is 5. The maximum atomic E-state index is 12.7. The zero-order chi connectivity index (χ0) is 14.5. The molecule has 6 heteroatoms. The topological polar surface area (TPSA) is 66.8 Å². The summed E-state index contributed by atoms with van der Waals surface area (Å²) < 4.78 is 5.29. The van der Waals surface area contributed by atoms with E-state index in [1.54, 1.807) is 0 Å². The third-order valence-corrected chi connectivity index (χ3v) is 4.46. The van der Waals surface area contributed by atoms with E-state index in [4.69, 9.17) is 9.84 Å². The average Bonchev–Trinajstić information content (AvgIpc) is 2.93. The molecule has 0 aromatic carbocycles. The fourth-order valence-electron chi connectivity index (χ4n) is 2.44. The predicted octanol–water partition coefficient (Wildman–Crippen LogP) is 2.02. The smallest absolute Gasteiger partial charge is 0.323 e. The maximum absolute atomic E-state index is 12.7. The first kappa shape index (κ1) is 15.0. The average molecular weight is 297 g/mol. The molecule has 20 heavy (non-hydrogen) atoms. The van der Waals surface area contributed by atoms with E-state index in [1.165, 1.54) is 16.2 Å². The molecule has 0 unspecified atom stereocenters. The minimum Gasteiger partial charge on any atom is -0.480 e. The van der Waals surface area contributed by atoms with Crippen LogP contribution in [0.4, 0.5) is 0 Å². The van der Waals surface area contributed by atoms with Gasteiger partial charge in [0.05, 0.1) is 4.88 Å². The van der Waals surface area contributed by atoms with Crippen LogP contribution in [0.25, 0.3) is 0 Å². The van der Waals surface area contributed by atoms with E-state index >= 15 is 0 Å². The maximum Gasteiger partial charge on any atom is 0.323 e. The minimum atomic E-state index is -0.973. The van der Waals surface area contributed by atoms with E-state index in [0.717, 1.165) is 12.0 Å². The van der Waals surface area contributed by atoms with E-state index < -0.39 is 5.97 Å². The van der Waals surface area contributed by atoms with Gasteiger partial charge in [0.15, 0.2) is 0 Å². The highest BCUT2D eigenvalue weighted by molar-refractivity contribution is 7.12. The standard InChI is InChI=1S/C14H19NO4S/c1-2-10-5-8-20-13(10)14(18)15(9-12(16)17)11-3-6-19-7-4-11/h5,8,11H,2-4,6-7,9H2,1H3,(H,16,17). The van der Waals surface area contributed by atoms with Crippen LogP contribution in [0.15, 0.2) is 11.4 Å². The molecule has 0 bridgehead atoms. The lowest BCUT2D eigenvalue weighted by Gasteiger charge is -2.33. The molecule has 1 amide bonds. The molecule has 110 valence electrons. The van der Waals surface area contributed by atoms with Crippen LogP contribution >= 0.6 is 11.3 Å². The van der Waals surface area contributed by atoms with E-state index in [1.807, 2.05) is 18.4 Å². The van der Waals surface area contributed by atoms with Crippen LogP contribution in [0.3, 0.4) is 0 Å². The Bertz CT molecular complexity index is 479. The van der Waals surface area contributed by atoms with E-state index in [9.17, 15) is 9.59 Å². The van der Waals surface area contributed by atoms with Crippen molar-refractivity contribution in [2.24, 2.45) is 0 Å². The molecule has 1 aliphatic rings. The van der Waals surface area contributed by atoms with Gasteiger partial charge in [-0.05, 0) is 36.3 Å². The Kier molecular flexibility index (Phi) is 5.14. The van der Waals surface area contributed by atoms with Crippen molar-refractivity contribution < 1.29 is 19.4 Å². The van der Waals surface area contributed by atoms with Crippen LogP contribution in [0, 0.1) is 0 Å². The third kappa shape index (κ3) is 3.37. The van der Waals surface area contributed by atoms with Gasteiger partial charge in [-0.1, -0.05) is 6.92 Å². The summed E-state index contributed by atoms with van der Waals surface area (Å²) in [6, 6.07) is 1.89. The number of aryl methyl sites for hydroxylation is 1. The molecule has 1 saturated heterocycles. The van der Waals surface area contributed by atoms with Gasteiger partial charge in [-0.2, -0.15) is 0 Å². The number of amides is 1. The van der Waals surface area contributed by atoms with Crippen molar-refractivity contribution in [1.82, 2.24) is 4.90 Å². The highest BCUT2D eigenvalue weighted by Gasteiger charge is 2.29. The SMILES string of the molecule is CCc1ccsc1C(=O)N(CC(=O)O)C1CCOCC1. The zero-order valence-electron chi connectivity index (χ0n) is 11.5. The van der Waals surface area contributed by atoms with Gasteiger partial charge in [-0.25, -0.2) is 0 Å². The summed E-state index contributed by atoms with van der Waals surface area (Å²) in [7, 11) is 0. The molecule has 5 nitrogen and oxygen atoms in total. The van der Waals surface area contributed by atoms with Crippen LogP contribution in [0.5, 0.6) is 0 Å². The molecule has 2 heterocycles. The number of nitrogens with zero attached hydrogens (tertiary/aromatic N) is 1. The summed E-state index contributed by atoms with van der Waals surface area (Å²) in [6.45, 7) is 2.91. The first-order valence-corrected chi connectivity index (χ1v) is 7.68. The fourth-order valence-corrected chi connectivity index (χ4v) is 3.39. The number of carbonyl (C=O) groups is 2. The summed E-state index contributed by atoms with van der Waals surface area (Å²) >= 11 is 1.39. The summed E-state index contributed by atoms with van der Waals surface area (Å²) in [5.41, 5.74) is 0.988. The Morgan fingerprint density at radius 3 is 2.75 bits per heavy atom. The molecule has 1 N–H and O–H groups in total. The van der Waals surface area contributed by atoms with Gasteiger partial charge >= 0.3 is 5.97 Å². The molecular weight excluding hydrogens is 278 g/mol. The number of hydrogen-bond donors (Lipinski definition) is 1. The predicted molar refractivity (Wildman–Crippen MR) is 76.2 cm³/mol. The van der Waals surface area contributed by atoms with Crippen LogP contribution in [0.1, 0.15) is 35.0 Å². The Hall–Kier alpha value is -1.40. The summed E-state index contributed by atoms with van der Waals surface area (Å²) in [5.74, 6) is -1.13. The molecule has 0 aliphatic carbocycles. The number of carbonyl (C=O) groups excluding carboxylic acids is 1. The van der Waals surface area contributed by atoms with Crippen molar-refractivity contribution in [3.8, 4) is 0 Å². The van der Waals surface area contributed by atoms with Crippen molar-refractivity contribution in [2.75, 3.05) is 19.8 Å². The van der Waals surface area contributed by atoms with Gasteiger partial charge in [0.25, 0.3) is 5.91 Å². The van der Waals surface area contributed by atoms with Crippen LogP contribution in [-0.4, -0.2) is 47.7 Å². The van der Waals surface area contributed by atoms with Crippen LogP contribution < -0.4 is 0 Å². The van der Waals surface area contributed by atoms with Crippen LogP contribution in [-0.2, 0) is 16.0 Å². The molecule has 1 aromatic rings. The van der Waals surface area contributed by atoms with Crippen molar-refractivity contribution >= 4 is 23.2 Å². The molecular formula is C14H19NO4S. The normalized spacial score (nSPS) is 16.1. The van der Waals surface area contributed by atoms with Gasteiger partial charge in [-0.15, -0.1) is 11.3 Å². The van der Waals surface area contributed by atoms with E-state index in [0.29, 0.717) is 30.9 Å². The summed E-state index contributed by atoms with van der Waals surface area (Å²) in [6.07, 6.45) is 2.18. The Morgan fingerprint density at radius 2 is 2.15 bits per heavy atom. The van der Waals surface area contributed by atoms with Gasteiger partial charge < -0.3 is 14.7 Å². The number of carboxylic acid groups (broad SMARTS) is 1. The molecule has 1 aromatic heterocycles. The number of hydrogen-bond acceptors (Lipinski definition) is 4. The first-order chi connectivity index (χ1) is 9.63. The molecule has 1 fully saturated rings. The van der Waals surface area contributed by atoms with Crippen LogP contribution in [0.2, 0.25) is 0 Å². The largest absolute Gasteiger partial charge is 0.480 e. The number of ether oxygens (including phenoxy) is 1. The molecule has 0 atom stereocenters. The second kappa shape index (κ2) is 6.85. The monoisotopic (exact) mass is 297 g/mol. The Labute approximate surface area is 122 Å². The van der Waals surface area contributed by atoms with Crippen molar-refractivity contribution in [3.63, 3.8) is 0 Å². The lowest BCUT2D eigenvalue weighted by atomic mass is 10.1. The quantitative estimate of drug-likeness (QED) is 0.903. The molecule has 0 spiro atoms. The van der Waals surface area contributed by atoms with Crippen molar-refractivity contribution in [1.29, 1.82) is 0 Å². The van der Waals surface area contributed by atoms with Gasteiger partial charge in [-0.3, -0.25) is 9.59 Å². The van der Waals surface area contributed by atoms with E-state index in [-0.39, 0.29) is 18.5 Å². The molecule has 0 saturated carbocycles. The lowest BCUT2D eigenvalue weighted by molar-refractivity contribution is -0.138. The third-order valence-electron chi connectivity index (χ3n) is 3.52. The fraction of sp³-hybridized carbons (Fsp3) is 0.571. The van der Waals surface area contributed by atoms with Gasteiger partial charge in [0, 0.05) is 19.3 Å². The second-order valence-electron chi connectivity index (χ2n) is 4.80. The van der Waals surface area contributed by atoms with Crippen molar-refractivity contribution in [3.05, 3.63) is 21.9 Å². The Morgan fingerprint density at radius 1 is 1.45 bits per heavy atom. The summed E-state index contributed by atoms with van der Waals surface area (Å²) in [5, 5.41) is 10.9. The second-order valence-corrected chi connectivity index (χ2v) is 5.71. The highest BCUT2D eigenvalue weighted by atomic mass is 32.1. The molecule has 1 aliphatic heterocycles. The minimum absolute atomic E-state index is 0.0424. The Balaban J connectivity index is 2.21. The number of aliphatic carboxylic acids is 1. The highest BCUT2D eigenvalue weighted by Crippen LogP contribution is 2.23.